The zero-order valence-corrected chi connectivity index (χ0v) is 29.5. The third-order valence-corrected chi connectivity index (χ3v) is 7.41. The second kappa shape index (κ2) is 20.4. The first-order chi connectivity index (χ1) is 22.3. The number of carbonyl (C=O) groups is 1. The smallest absolute Gasteiger partial charge is 0.323 e. The highest BCUT2D eigenvalue weighted by Gasteiger charge is 2.22. The molecule has 0 aliphatic heterocycles. The zero-order chi connectivity index (χ0) is 34.1. The summed E-state index contributed by atoms with van der Waals surface area (Å²) >= 11 is 6.53. The number of benzene rings is 1. The topological polar surface area (TPSA) is 117 Å². The summed E-state index contributed by atoms with van der Waals surface area (Å²) in [5, 5.41) is 4.14. The standard InChI is InChI=1S/C32H39ClN6O3.2C2H6/c1-5-16-35-27(21(2)20-41-4)19-39-18-25(28-29(33)37-32(34)38-30(28)39)15-14-23-10-12-24(13-11-23)17-36-22(3)31(40)42-26-8-6-7-9-26;2*1-2/h10-13,16,18,22,26,36H,5-9,17,19-20H2,1-4H3,(H2,34,37,38);2*1-2H3/b27-21-,35-16?;;/t22-;;/m0../s1. The van der Waals surface area contributed by atoms with Crippen LogP contribution in [0.2, 0.25) is 5.15 Å². The van der Waals surface area contributed by atoms with Gasteiger partial charge in [-0.3, -0.25) is 9.79 Å². The lowest BCUT2D eigenvalue weighted by molar-refractivity contribution is -0.150. The first-order valence-electron chi connectivity index (χ1n) is 16.4. The van der Waals surface area contributed by atoms with E-state index in [0.29, 0.717) is 36.3 Å². The molecule has 1 fully saturated rings. The van der Waals surface area contributed by atoms with E-state index in [9.17, 15) is 4.79 Å². The van der Waals surface area contributed by atoms with Crippen LogP contribution in [0, 0.1) is 11.8 Å². The number of rotatable bonds is 11. The number of nitrogens with zero attached hydrogens (tertiary/aromatic N) is 4. The highest BCUT2D eigenvalue weighted by Crippen LogP contribution is 2.28. The number of hydrogen-bond donors (Lipinski definition) is 2. The van der Waals surface area contributed by atoms with Crippen LogP contribution in [0.3, 0.4) is 0 Å². The summed E-state index contributed by atoms with van der Waals surface area (Å²) in [5.74, 6) is 6.36. The molecule has 10 heteroatoms. The molecular formula is C36H51ClN6O3. The average molecular weight is 651 g/mol. The molecule has 46 heavy (non-hydrogen) atoms. The van der Waals surface area contributed by atoms with Gasteiger partial charge in [0.2, 0.25) is 5.95 Å². The second-order valence-electron chi connectivity index (χ2n) is 10.5. The fourth-order valence-electron chi connectivity index (χ4n) is 4.80. The lowest BCUT2D eigenvalue weighted by Gasteiger charge is -2.17. The molecule has 4 rings (SSSR count). The number of hydrogen-bond acceptors (Lipinski definition) is 8. The van der Waals surface area contributed by atoms with Crippen molar-refractivity contribution in [3.05, 3.63) is 63.6 Å². The molecule has 0 unspecified atom stereocenters. The number of nitrogen functional groups attached to an aromatic ring is 1. The summed E-state index contributed by atoms with van der Waals surface area (Å²) in [6, 6.07) is 7.52. The lowest BCUT2D eigenvalue weighted by Crippen LogP contribution is -2.36. The van der Waals surface area contributed by atoms with Crippen LogP contribution in [0.4, 0.5) is 5.95 Å². The van der Waals surface area contributed by atoms with Crippen LogP contribution in [0.5, 0.6) is 0 Å². The van der Waals surface area contributed by atoms with Gasteiger partial charge in [0.25, 0.3) is 0 Å². The van der Waals surface area contributed by atoms with E-state index in [1.54, 1.807) is 7.11 Å². The van der Waals surface area contributed by atoms with Gasteiger partial charge in [-0.1, -0.05) is 70.2 Å². The Morgan fingerprint density at radius 3 is 2.48 bits per heavy atom. The highest BCUT2D eigenvalue weighted by molar-refractivity contribution is 6.34. The van der Waals surface area contributed by atoms with Crippen molar-refractivity contribution in [1.29, 1.82) is 0 Å². The molecular weight excluding hydrogens is 600 g/mol. The van der Waals surface area contributed by atoms with Crippen LogP contribution < -0.4 is 11.1 Å². The molecule has 1 atom stereocenters. The van der Waals surface area contributed by atoms with E-state index in [1.807, 2.05) is 89.7 Å². The molecule has 1 aliphatic carbocycles. The molecule has 3 aromatic rings. The van der Waals surface area contributed by atoms with E-state index in [0.717, 1.165) is 54.5 Å². The van der Waals surface area contributed by atoms with Crippen LogP contribution >= 0.6 is 11.6 Å². The summed E-state index contributed by atoms with van der Waals surface area (Å²) < 4.78 is 12.9. The normalized spacial score (nSPS) is 14.0. The van der Waals surface area contributed by atoms with Gasteiger partial charge in [0.1, 0.15) is 22.9 Å². The molecule has 2 aromatic heterocycles. The van der Waals surface area contributed by atoms with E-state index in [4.69, 9.17) is 26.8 Å². The van der Waals surface area contributed by atoms with Crippen LogP contribution in [0.1, 0.15) is 97.3 Å². The van der Waals surface area contributed by atoms with Crippen LogP contribution in [0.15, 0.2) is 46.7 Å². The number of carbonyl (C=O) groups excluding carboxylic acids is 1. The van der Waals surface area contributed by atoms with Gasteiger partial charge in [-0.05, 0) is 69.2 Å². The number of anilines is 1. The second-order valence-corrected chi connectivity index (χ2v) is 10.9. The van der Waals surface area contributed by atoms with Crippen molar-refractivity contribution in [2.24, 2.45) is 4.99 Å². The van der Waals surface area contributed by atoms with Crippen LogP contribution in [0.25, 0.3) is 11.0 Å². The Morgan fingerprint density at radius 2 is 1.85 bits per heavy atom. The predicted octanol–water partition coefficient (Wildman–Crippen LogP) is 7.48. The van der Waals surface area contributed by atoms with Crippen molar-refractivity contribution >= 4 is 40.8 Å². The quantitative estimate of drug-likeness (QED) is 0.0956. The molecule has 1 aliphatic rings. The van der Waals surface area contributed by atoms with Gasteiger partial charge in [-0.25, -0.2) is 4.98 Å². The van der Waals surface area contributed by atoms with Gasteiger partial charge in [-0.2, -0.15) is 4.98 Å². The first-order valence-corrected chi connectivity index (χ1v) is 16.7. The van der Waals surface area contributed by atoms with Gasteiger partial charge in [0.05, 0.1) is 29.8 Å². The summed E-state index contributed by atoms with van der Waals surface area (Å²) in [4.78, 5) is 25.6. The Hall–Kier alpha value is -3.71. The Morgan fingerprint density at radius 1 is 1.17 bits per heavy atom. The number of aromatic nitrogens is 3. The van der Waals surface area contributed by atoms with E-state index >= 15 is 0 Å². The number of methoxy groups -OCH3 is 1. The Balaban J connectivity index is 0.00000177. The van der Waals surface area contributed by atoms with Crippen molar-refractivity contribution in [3.63, 3.8) is 0 Å². The zero-order valence-electron chi connectivity index (χ0n) is 28.7. The van der Waals surface area contributed by atoms with Crippen LogP contribution in [-0.2, 0) is 27.4 Å². The molecule has 250 valence electrons. The number of halogens is 1. The first kappa shape index (κ1) is 38.5. The maximum atomic E-state index is 12.4. The third-order valence-electron chi connectivity index (χ3n) is 7.14. The van der Waals surface area contributed by atoms with E-state index in [-0.39, 0.29) is 29.2 Å². The van der Waals surface area contributed by atoms with Crippen molar-refractivity contribution in [1.82, 2.24) is 19.9 Å². The number of nitrogens with two attached hydrogens (primary N) is 1. The third kappa shape index (κ3) is 11.3. The molecule has 2 heterocycles. The maximum Gasteiger partial charge on any atom is 0.323 e. The maximum absolute atomic E-state index is 12.4. The minimum absolute atomic E-state index is 0.0697. The summed E-state index contributed by atoms with van der Waals surface area (Å²) in [5.41, 5.74) is 11.0. The van der Waals surface area contributed by atoms with Crippen molar-refractivity contribution in [3.8, 4) is 11.8 Å². The monoisotopic (exact) mass is 650 g/mol. The summed E-state index contributed by atoms with van der Waals surface area (Å²) in [6.07, 6.45) is 8.86. The lowest BCUT2D eigenvalue weighted by atomic mass is 10.1. The average Bonchev–Trinajstić information content (AvgIpc) is 3.71. The Kier molecular flexibility index (Phi) is 17.1. The van der Waals surface area contributed by atoms with E-state index < -0.39 is 0 Å². The number of fused-ring (bicyclic) bond motifs is 1. The highest BCUT2D eigenvalue weighted by atomic mass is 35.5. The van der Waals surface area contributed by atoms with Gasteiger partial charge >= 0.3 is 5.97 Å². The molecule has 3 N–H and O–H groups in total. The summed E-state index contributed by atoms with van der Waals surface area (Å²) in [7, 11) is 1.66. The number of allylic oxidation sites excluding steroid dienone is 1. The van der Waals surface area contributed by atoms with Crippen molar-refractivity contribution < 1.29 is 14.3 Å². The van der Waals surface area contributed by atoms with Gasteiger partial charge < -0.3 is 25.1 Å². The Labute approximate surface area is 280 Å². The number of ether oxygens (including phenoxy) is 2. The molecule has 0 bridgehead atoms. The number of esters is 1. The fraction of sp³-hybridized carbons (Fsp3) is 0.500. The predicted molar refractivity (Wildman–Crippen MR) is 190 cm³/mol. The molecule has 1 aromatic carbocycles. The van der Waals surface area contributed by atoms with Gasteiger partial charge in [0, 0.05) is 31.6 Å². The largest absolute Gasteiger partial charge is 0.461 e. The minimum Gasteiger partial charge on any atom is -0.461 e. The van der Waals surface area contributed by atoms with E-state index in [1.165, 1.54) is 0 Å². The molecule has 1 saturated carbocycles. The SMILES string of the molecule is CC.CC.CCC=N/C(Cn1cc(C#Cc2ccc(CN[C@@H](C)C(=O)OC3CCCC3)cc2)c2c(Cl)nc(N)nc21)=C(/C)COC. The van der Waals surface area contributed by atoms with E-state index in [2.05, 4.69) is 32.1 Å². The molecule has 0 spiro atoms. The fourth-order valence-corrected chi connectivity index (χ4v) is 5.07. The summed E-state index contributed by atoms with van der Waals surface area (Å²) in [6.45, 7) is 15.3. The molecule has 0 amide bonds. The number of aliphatic imine (C=N–C) groups is 1. The van der Waals surface area contributed by atoms with Gasteiger partial charge in [0.15, 0.2) is 0 Å². The minimum atomic E-state index is -0.371. The van der Waals surface area contributed by atoms with Crippen molar-refractivity contribution in [2.75, 3.05) is 19.5 Å². The Bertz CT molecular complexity index is 1510. The molecule has 0 radical (unpaired) electrons. The van der Waals surface area contributed by atoms with Crippen molar-refractivity contribution in [2.45, 2.75) is 106 Å². The molecule has 0 saturated heterocycles. The van der Waals surface area contributed by atoms with Gasteiger partial charge in [-0.15, -0.1) is 0 Å². The van der Waals surface area contributed by atoms with Crippen LogP contribution in [-0.4, -0.2) is 52.6 Å². The molecule has 9 nitrogen and oxygen atoms in total. The number of nitrogens with one attached hydrogen (secondary N) is 1.